The maximum Gasteiger partial charge on any atom is 0.227 e. The van der Waals surface area contributed by atoms with Crippen molar-refractivity contribution in [2.45, 2.75) is 12.8 Å². The monoisotopic (exact) mass is 283 g/mol. The summed E-state index contributed by atoms with van der Waals surface area (Å²) in [5.41, 5.74) is 0.799. The molecule has 1 N–H and O–H groups in total. The van der Waals surface area contributed by atoms with Crippen molar-refractivity contribution in [3.8, 4) is 5.75 Å². The molecular formula is C14H18ClNO3. The third-order valence-corrected chi connectivity index (χ3v) is 3.72. The Morgan fingerprint density at radius 2 is 2.37 bits per heavy atom. The molecule has 1 aromatic rings. The lowest BCUT2D eigenvalue weighted by Crippen LogP contribution is -2.30. The fraction of sp³-hybridized carbons (Fsp3) is 0.500. The van der Waals surface area contributed by atoms with E-state index in [0.717, 1.165) is 12.0 Å². The molecule has 4 nitrogen and oxygen atoms in total. The number of aliphatic hydroxyl groups is 1. The standard InChI is InChI=1S/C14H18ClNO3/c1-19-13-3-2-12(15)6-11(13)7-14(18)16-5-4-10(8-16)9-17/h2-3,6,10,17H,4-5,7-9H2,1H3. The van der Waals surface area contributed by atoms with Gasteiger partial charge in [-0.3, -0.25) is 4.79 Å². The van der Waals surface area contributed by atoms with Crippen molar-refractivity contribution in [1.82, 2.24) is 4.90 Å². The van der Waals surface area contributed by atoms with Crippen LogP contribution in [0.15, 0.2) is 18.2 Å². The highest BCUT2D eigenvalue weighted by atomic mass is 35.5. The van der Waals surface area contributed by atoms with Gasteiger partial charge in [0.05, 0.1) is 13.5 Å². The number of hydrogen-bond donors (Lipinski definition) is 1. The molecule has 1 unspecified atom stereocenters. The average molecular weight is 284 g/mol. The van der Waals surface area contributed by atoms with Crippen LogP contribution in [-0.2, 0) is 11.2 Å². The molecule has 1 aliphatic heterocycles. The first-order valence-electron chi connectivity index (χ1n) is 6.35. The Hall–Kier alpha value is -1.26. The molecule has 1 heterocycles. The summed E-state index contributed by atoms with van der Waals surface area (Å²) < 4.78 is 5.24. The van der Waals surface area contributed by atoms with Crippen LogP contribution >= 0.6 is 11.6 Å². The summed E-state index contributed by atoms with van der Waals surface area (Å²) in [6, 6.07) is 5.27. The summed E-state index contributed by atoms with van der Waals surface area (Å²) in [5, 5.41) is 9.69. The van der Waals surface area contributed by atoms with Crippen molar-refractivity contribution < 1.29 is 14.6 Å². The molecule has 0 aliphatic carbocycles. The highest BCUT2D eigenvalue weighted by Gasteiger charge is 2.26. The minimum Gasteiger partial charge on any atom is -0.496 e. The molecule has 1 amide bonds. The SMILES string of the molecule is COc1ccc(Cl)cc1CC(=O)N1CCC(CO)C1. The van der Waals surface area contributed by atoms with Crippen molar-refractivity contribution in [2.24, 2.45) is 5.92 Å². The molecule has 0 saturated carbocycles. The number of nitrogens with zero attached hydrogens (tertiary/aromatic N) is 1. The number of rotatable bonds is 4. The van der Waals surface area contributed by atoms with E-state index in [4.69, 9.17) is 21.4 Å². The second kappa shape index (κ2) is 6.26. The predicted molar refractivity (Wildman–Crippen MR) is 73.5 cm³/mol. The lowest BCUT2D eigenvalue weighted by Gasteiger charge is -2.17. The quantitative estimate of drug-likeness (QED) is 0.916. The van der Waals surface area contributed by atoms with E-state index in [-0.39, 0.29) is 24.9 Å². The van der Waals surface area contributed by atoms with Gasteiger partial charge in [-0.2, -0.15) is 0 Å². The Morgan fingerprint density at radius 1 is 1.58 bits per heavy atom. The number of halogens is 1. The number of amides is 1. The lowest BCUT2D eigenvalue weighted by atomic mass is 10.1. The second-order valence-electron chi connectivity index (χ2n) is 4.81. The van der Waals surface area contributed by atoms with Crippen molar-refractivity contribution in [1.29, 1.82) is 0 Å². The highest BCUT2D eigenvalue weighted by molar-refractivity contribution is 6.30. The Kier molecular flexibility index (Phi) is 4.66. The van der Waals surface area contributed by atoms with Gasteiger partial charge in [0.15, 0.2) is 0 Å². The van der Waals surface area contributed by atoms with Gasteiger partial charge >= 0.3 is 0 Å². The zero-order valence-electron chi connectivity index (χ0n) is 10.9. The highest BCUT2D eigenvalue weighted by Crippen LogP contribution is 2.24. The summed E-state index contributed by atoms with van der Waals surface area (Å²) in [5.74, 6) is 0.942. The van der Waals surface area contributed by atoms with E-state index < -0.39 is 0 Å². The van der Waals surface area contributed by atoms with Crippen LogP contribution in [-0.4, -0.2) is 42.7 Å². The van der Waals surface area contributed by atoms with Crippen molar-refractivity contribution >= 4 is 17.5 Å². The van der Waals surface area contributed by atoms with Gasteiger partial charge in [0.25, 0.3) is 0 Å². The van der Waals surface area contributed by atoms with Gasteiger partial charge in [0.1, 0.15) is 5.75 Å². The fourth-order valence-electron chi connectivity index (χ4n) is 2.37. The number of carbonyl (C=O) groups excluding carboxylic acids is 1. The van der Waals surface area contributed by atoms with E-state index in [1.807, 2.05) is 0 Å². The molecule has 1 saturated heterocycles. The molecule has 0 aromatic heterocycles. The lowest BCUT2D eigenvalue weighted by molar-refractivity contribution is -0.129. The molecular weight excluding hydrogens is 266 g/mol. The summed E-state index contributed by atoms with van der Waals surface area (Å²) in [6.45, 7) is 1.50. The van der Waals surface area contributed by atoms with Crippen LogP contribution in [0.5, 0.6) is 5.75 Å². The van der Waals surface area contributed by atoms with Crippen LogP contribution in [0.3, 0.4) is 0 Å². The van der Waals surface area contributed by atoms with E-state index in [9.17, 15) is 4.79 Å². The smallest absolute Gasteiger partial charge is 0.227 e. The van der Waals surface area contributed by atoms with Crippen LogP contribution < -0.4 is 4.74 Å². The van der Waals surface area contributed by atoms with Crippen molar-refractivity contribution in [2.75, 3.05) is 26.8 Å². The molecule has 1 atom stereocenters. The third-order valence-electron chi connectivity index (χ3n) is 3.48. The molecule has 1 aromatic carbocycles. The molecule has 1 aliphatic rings. The Bertz CT molecular complexity index is 464. The average Bonchev–Trinajstić information content (AvgIpc) is 2.88. The van der Waals surface area contributed by atoms with E-state index in [1.165, 1.54) is 0 Å². The Labute approximate surface area is 117 Å². The minimum absolute atomic E-state index is 0.0523. The van der Waals surface area contributed by atoms with E-state index in [2.05, 4.69) is 0 Å². The van der Waals surface area contributed by atoms with Gasteiger partial charge in [-0.25, -0.2) is 0 Å². The van der Waals surface area contributed by atoms with Gasteiger partial charge in [-0.15, -0.1) is 0 Å². The van der Waals surface area contributed by atoms with E-state index in [1.54, 1.807) is 30.2 Å². The summed E-state index contributed by atoms with van der Waals surface area (Å²) in [6.07, 6.45) is 1.15. The number of ether oxygens (including phenoxy) is 1. The number of likely N-dealkylation sites (tertiary alicyclic amines) is 1. The van der Waals surface area contributed by atoms with Crippen LogP contribution in [0.25, 0.3) is 0 Å². The van der Waals surface area contributed by atoms with Gasteiger partial charge in [0.2, 0.25) is 5.91 Å². The van der Waals surface area contributed by atoms with E-state index in [0.29, 0.717) is 23.9 Å². The van der Waals surface area contributed by atoms with Gasteiger partial charge in [-0.05, 0) is 24.6 Å². The molecule has 104 valence electrons. The number of methoxy groups -OCH3 is 1. The summed E-state index contributed by atoms with van der Waals surface area (Å²) in [4.78, 5) is 14.0. The van der Waals surface area contributed by atoms with Crippen LogP contribution in [0.2, 0.25) is 5.02 Å². The number of carbonyl (C=O) groups is 1. The first-order chi connectivity index (χ1) is 9.13. The second-order valence-corrected chi connectivity index (χ2v) is 5.25. The first kappa shape index (κ1) is 14.2. The van der Waals surface area contributed by atoms with Crippen molar-refractivity contribution in [3.05, 3.63) is 28.8 Å². The van der Waals surface area contributed by atoms with Crippen LogP contribution in [0.4, 0.5) is 0 Å². The predicted octanol–water partition coefficient (Wildman–Crippen LogP) is 1.73. The first-order valence-corrected chi connectivity index (χ1v) is 6.73. The van der Waals surface area contributed by atoms with Gasteiger partial charge < -0.3 is 14.7 Å². The molecule has 5 heteroatoms. The fourth-order valence-corrected chi connectivity index (χ4v) is 2.56. The molecule has 19 heavy (non-hydrogen) atoms. The Morgan fingerprint density at radius 3 is 3.00 bits per heavy atom. The summed E-state index contributed by atoms with van der Waals surface area (Å²) >= 11 is 5.95. The minimum atomic E-state index is 0.0523. The molecule has 0 radical (unpaired) electrons. The number of hydrogen-bond acceptors (Lipinski definition) is 3. The molecule has 0 bridgehead atoms. The molecule has 1 fully saturated rings. The van der Waals surface area contributed by atoms with Crippen LogP contribution in [0.1, 0.15) is 12.0 Å². The van der Waals surface area contributed by atoms with Crippen molar-refractivity contribution in [3.63, 3.8) is 0 Å². The topological polar surface area (TPSA) is 49.8 Å². The zero-order valence-corrected chi connectivity index (χ0v) is 11.7. The van der Waals surface area contributed by atoms with E-state index >= 15 is 0 Å². The maximum absolute atomic E-state index is 12.2. The van der Waals surface area contributed by atoms with Crippen LogP contribution in [0, 0.1) is 5.92 Å². The third kappa shape index (κ3) is 3.39. The summed E-state index contributed by atoms with van der Waals surface area (Å²) in [7, 11) is 1.58. The maximum atomic E-state index is 12.2. The number of aliphatic hydroxyl groups excluding tert-OH is 1. The van der Waals surface area contributed by atoms with Gasteiger partial charge in [0, 0.05) is 36.2 Å². The molecule has 2 rings (SSSR count). The van der Waals surface area contributed by atoms with Gasteiger partial charge in [-0.1, -0.05) is 11.6 Å². The Balaban J connectivity index is 2.05. The number of benzene rings is 1. The molecule has 0 spiro atoms. The largest absolute Gasteiger partial charge is 0.496 e. The zero-order chi connectivity index (χ0) is 13.8. The normalized spacial score (nSPS) is 18.7.